The Morgan fingerprint density at radius 1 is 1.00 bits per heavy atom. The molecule has 31 heavy (non-hydrogen) atoms. The van der Waals surface area contributed by atoms with Crippen molar-refractivity contribution >= 4 is 34.4 Å². The second-order valence-electron chi connectivity index (χ2n) is 7.18. The van der Waals surface area contributed by atoms with Crippen molar-refractivity contribution in [2.24, 2.45) is 7.05 Å². The van der Waals surface area contributed by atoms with Crippen molar-refractivity contribution < 1.29 is 4.57 Å². The molecule has 0 saturated heterocycles. The topological polar surface area (TPSA) is 51.1 Å². The van der Waals surface area contributed by atoms with Crippen molar-refractivity contribution in [3.63, 3.8) is 0 Å². The van der Waals surface area contributed by atoms with Gasteiger partial charge in [-0.05, 0) is 32.1 Å². The molecule has 0 aliphatic carbocycles. The summed E-state index contributed by atoms with van der Waals surface area (Å²) in [6.07, 6.45) is 11.7. The first-order valence-corrected chi connectivity index (χ1v) is 11.8. The lowest BCUT2D eigenvalue weighted by Gasteiger charge is -2.16. The average molecular weight is 454 g/mol. The number of hydrogen-bond donors (Lipinski definition) is 0. The van der Waals surface area contributed by atoms with Gasteiger partial charge in [0.25, 0.3) is 11.1 Å². The maximum absolute atomic E-state index is 13.3. The minimum atomic E-state index is -0.0554. The van der Waals surface area contributed by atoms with Crippen molar-refractivity contribution in [3.05, 3.63) is 93.6 Å². The second-order valence-corrected chi connectivity index (χ2v) is 9.21. The first kappa shape index (κ1) is 21.3. The van der Waals surface area contributed by atoms with E-state index in [1.54, 1.807) is 9.13 Å². The molecule has 0 aromatic carbocycles. The molecule has 4 rings (SSSR count). The van der Waals surface area contributed by atoms with Gasteiger partial charge >= 0.3 is 0 Å². The summed E-state index contributed by atoms with van der Waals surface area (Å²) >= 11 is 2.84. The fourth-order valence-electron chi connectivity index (χ4n) is 3.57. The van der Waals surface area contributed by atoms with Crippen LogP contribution in [0.3, 0.4) is 0 Å². The summed E-state index contributed by atoms with van der Waals surface area (Å²) in [5.41, 5.74) is 1.75. The summed E-state index contributed by atoms with van der Waals surface area (Å²) < 4.78 is 8.37. The Bertz CT molecular complexity index is 1530. The van der Waals surface area contributed by atoms with E-state index >= 15 is 0 Å². The van der Waals surface area contributed by atoms with Gasteiger partial charge < -0.3 is 4.90 Å². The van der Waals surface area contributed by atoms with Gasteiger partial charge in [-0.1, -0.05) is 6.08 Å². The van der Waals surface area contributed by atoms with Crippen LogP contribution in [-0.4, -0.2) is 21.1 Å². The number of aryl methyl sites for hydroxylation is 1. The van der Waals surface area contributed by atoms with E-state index < -0.39 is 0 Å². The van der Waals surface area contributed by atoms with Crippen molar-refractivity contribution in [2.75, 3.05) is 7.05 Å². The Morgan fingerprint density at radius 3 is 2.42 bits per heavy atom. The van der Waals surface area contributed by atoms with E-state index in [-0.39, 0.29) is 11.1 Å². The van der Waals surface area contributed by atoms with E-state index in [1.165, 1.54) is 22.7 Å². The van der Waals surface area contributed by atoms with Crippen molar-refractivity contribution in [1.29, 1.82) is 0 Å². The summed E-state index contributed by atoms with van der Waals surface area (Å²) in [7, 11) is 3.90. The maximum Gasteiger partial charge on any atom is 0.272 e. The number of nitrogens with zero attached hydrogens (tertiary/aromatic N) is 4. The Kier molecular flexibility index (Phi) is 5.93. The molecule has 1 aliphatic heterocycles. The largest absolute Gasteiger partial charge is 0.350 e. The molecule has 6 nitrogen and oxygen atoms in total. The Labute approximate surface area is 187 Å². The van der Waals surface area contributed by atoms with Gasteiger partial charge in [-0.2, -0.15) is 0 Å². The first-order valence-electron chi connectivity index (χ1n) is 10.2. The quantitative estimate of drug-likeness (QED) is 0.561. The number of aromatic nitrogens is 3. The van der Waals surface area contributed by atoms with Gasteiger partial charge in [-0.3, -0.25) is 18.7 Å². The van der Waals surface area contributed by atoms with Crippen LogP contribution in [0.1, 0.15) is 19.5 Å². The fraction of sp³-hybridized carbons (Fsp3) is 0.261. The highest BCUT2D eigenvalue weighted by Crippen LogP contribution is 2.10. The first-order chi connectivity index (χ1) is 15.0. The van der Waals surface area contributed by atoms with Crippen LogP contribution in [0.2, 0.25) is 0 Å². The predicted octanol–water partition coefficient (Wildman–Crippen LogP) is 1.24. The Hall–Kier alpha value is -2.97. The van der Waals surface area contributed by atoms with Crippen molar-refractivity contribution in [1.82, 2.24) is 14.0 Å². The molecule has 4 heterocycles. The van der Waals surface area contributed by atoms with Crippen molar-refractivity contribution in [2.45, 2.75) is 26.9 Å². The van der Waals surface area contributed by atoms with Crippen LogP contribution in [0.4, 0.5) is 0 Å². The molecule has 0 atom stereocenters. The summed E-state index contributed by atoms with van der Waals surface area (Å²) in [5, 5.41) is 0. The third-order valence-electron chi connectivity index (χ3n) is 5.28. The van der Waals surface area contributed by atoms with E-state index in [4.69, 9.17) is 0 Å². The molecule has 3 aromatic rings. The number of thiazole rings is 2. The zero-order chi connectivity index (χ0) is 22.1. The van der Waals surface area contributed by atoms with E-state index in [0.717, 1.165) is 20.7 Å². The highest BCUT2D eigenvalue weighted by Gasteiger charge is 2.14. The Morgan fingerprint density at radius 2 is 1.74 bits per heavy atom. The molecule has 8 heteroatoms. The molecule has 0 N–H and O–H groups in total. The molecule has 160 valence electrons. The van der Waals surface area contributed by atoms with Crippen LogP contribution in [0.5, 0.6) is 0 Å². The number of pyridine rings is 1. The molecule has 1 aliphatic rings. The molecule has 0 radical (unpaired) electrons. The molecule has 0 fully saturated rings. The minimum Gasteiger partial charge on any atom is -0.350 e. The highest BCUT2D eigenvalue weighted by atomic mass is 32.1. The third-order valence-corrected chi connectivity index (χ3v) is 7.73. The van der Waals surface area contributed by atoms with E-state index in [0.29, 0.717) is 22.2 Å². The lowest BCUT2D eigenvalue weighted by Crippen LogP contribution is -2.33. The molecule has 0 unspecified atom stereocenters. The maximum atomic E-state index is 13.3. The molecule has 0 saturated carbocycles. The molecular formula is C23H25N4O2S2+. The normalized spacial score (nSPS) is 17.0. The molecule has 3 aromatic heterocycles. The van der Waals surface area contributed by atoms with Gasteiger partial charge in [-0.15, -0.1) is 22.7 Å². The predicted molar refractivity (Wildman–Crippen MR) is 126 cm³/mol. The minimum absolute atomic E-state index is 0.0511. The molecule has 0 bridgehead atoms. The summed E-state index contributed by atoms with van der Waals surface area (Å²) in [6.45, 7) is 4.99. The smallest absolute Gasteiger partial charge is 0.272 e. The molecule has 0 spiro atoms. The van der Waals surface area contributed by atoms with E-state index in [9.17, 15) is 9.59 Å². The fourth-order valence-corrected chi connectivity index (χ4v) is 6.13. The van der Waals surface area contributed by atoms with E-state index in [1.807, 2.05) is 92.3 Å². The molecule has 0 amide bonds. The third kappa shape index (κ3) is 3.77. The second kappa shape index (κ2) is 8.64. The Balaban J connectivity index is 2.14. The van der Waals surface area contributed by atoms with Crippen molar-refractivity contribution in [3.8, 4) is 0 Å². The van der Waals surface area contributed by atoms with Gasteiger partial charge in [0.2, 0.25) is 5.69 Å². The van der Waals surface area contributed by atoms with Crippen LogP contribution >= 0.6 is 22.7 Å². The summed E-state index contributed by atoms with van der Waals surface area (Å²) in [4.78, 5) is 28.5. The zero-order valence-corrected chi connectivity index (χ0v) is 19.7. The van der Waals surface area contributed by atoms with Crippen LogP contribution < -0.4 is 24.9 Å². The van der Waals surface area contributed by atoms with Crippen LogP contribution in [0, 0.1) is 9.20 Å². The van der Waals surface area contributed by atoms with Gasteiger partial charge in [-0.25, -0.2) is 4.57 Å². The zero-order valence-electron chi connectivity index (χ0n) is 18.0. The van der Waals surface area contributed by atoms with Crippen LogP contribution in [0.25, 0.3) is 11.8 Å². The molecular weight excluding hydrogens is 428 g/mol. The summed E-state index contributed by atoms with van der Waals surface area (Å²) in [5.74, 6) is 0. The van der Waals surface area contributed by atoms with Gasteiger partial charge in [0.1, 0.15) is 25.4 Å². The lowest BCUT2D eigenvalue weighted by atomic mass is 10.3. The van der Waals surface area contributed by atoms with Gasteiger partial charge in [0.15, 0.2) is 6.20 Å². The highest BCUT2D eigenvalue weighted by molar-refractivity contribution is 7.11. The van der Waals surface area contributed by atoms with Gasteiger partial charge in [0, 0.05) is 44.5 Å². The number of likely N-dealkylation sites (N-methyl/N-ethyl adjacent to an activating group) is 1. The van der Waals surface area contributed by atoms with E-state index in [2.05, 4.69) is 0 Å². The summed E-state index contributed by atoms with van der Waals surface area (Å²) in [6, 6.07) is 5.97. The standard InChI is InChI=1S/C23H25N4O2S2/c1-5-26-18(15-16-11-7-9-13-24(16)3)30-20(22(26)29)23-27(6-2)21(28)19(31-23)17-12-8-10-14-25(17)4/h7-15H,5-6H2,1-4H3/q+1/b19-17-,23-20+. The number of allylic oxidation sites excluding steroid dienone is 2. The van der Waals surface area contributed by atoms with Crippen LogP contribution in [0.15, 0.2) is 58.4 Å². The lowest BCUT2D eigenvalue weighted by molar-refractivity contribution is -0.673. The SMILES string of the molecule is CCn1c(=O)/c(=c2\s/c(=C3/C=CC=CN3C)c(=O)n2CC)s/c1=C\c1cccc[n+]1C. The average Bonchev–Trinajstić information content (AvgIpc) is 3.25. The van der Waals surface area contributed by atoms with Gasteiger partial charge in [0.05, 0.1) is 5.70 Å². The number of rotatable bonds is 3. The van der Waals surface area contributed by atoms with Crippen LogP contribution in [-0.2, 0) is 20.1 Å². The number of hydrogen-bond acceptors (Lipinski definition) is 5. The monoisotopic (exact) mass is 453 g/mol.